The third kappa shape index (κ3) is 12.5. The van der Waals surface area contributed by atoms with Gasteiger partial charge in [-0.15, -0.1) is 0 Å². The molecule has 16 heteroatoms. The van der Waals surface area contributed by atoms with Gasteiger partial charge in [0.05, 0.1) is 23.1 Å². The van der Waals surface area contributed by atoms with E-state index in [2.05, 4.69) is 9.78 Å². The third-order valence-electron chi connectivity index (χ3n) is 2.89. The maximum atomic E-state index is 10.7. The molecule has 0 aliphatic rings. The Bertz CT molecular complexity index is 773. The molecule has 2 aromatic rings. The molecule has 32 heavy (non-hydrogen) atoms. The monoisotopic (exact) mass is 480 g/mol. The van der Waals surface area contributed by atoms with Crippen molar-refractivity contribution in [3.63, 3.8) is 0 Å². The van der Waals surface area contributed by atoms with Crippen molar-refractivity contribution < 1.29 is 71.6 Å². The summed E-state index contributed by atoms with van der Waals surface area (Å²) in [7, 11) is 0. The first kappa shape index (κ1) is 43.5. The van der Waals surface area contributed by atoms with Crippen molar-refractivity contribution in [3.05, 3.63) is 70.8 Å². The molecule has 14 nitrogen and oxygen atoms in total. The summed E-state index contributed by atoms with van der Waals surface area (Å²) >= 11 is 0. The van der Waals surface area contributed by atoms with Gasteiger partial charge in [-0.3, -0.25) is 0 Å². The predicted octanol–water partition coefficient (Wildman–Crippen LogP) is -7.10. The van der Waals surface area contributed by atoms with Gasteiger partial charge in [0.25, 0.3) is 0 Å². The van der Waals surface area contributed by atoms with Crippen LogP contribution in [0.1, 0.15) is 41.4 Å². The van der Waals surface area contributed by atoms with Crippen LogP contribution >= 0.6 is 0 Å². The van der Waals surface area contributed by atoms with E-state index in [1.54, 1.807) is 0 Å². The molecule has 2 aromatic carbocycles. The molecule has 0 aromatic heterocycles. The smallest absolute Gasteiger partial charge is 0.661 e. The SMILES string of the molecule is O.O.O.O.O=C([O-])c1ccccc1C(=O)O[O-].O=C([O-])c1ccccc1C(=O)O[O-].[Mg+2].[Mg+2]. The molecule has 2 rings (SSSR count). The van der Waals surface area contributed by atoms with Crippen molar-refractivity contribution >= 4 is 70.0 Å². The van der Waals surface area contributed by atoms with Crippen LogP contribution in [0, 0.1) is 0 Å². The first-order valence-corrected chi connectivity index (χ1v) is 6.62. The fourth-order valence-corrected chi connectivity index (χ4v) is 1.77. The maximum absolute atomic E-state index is 10.7. The molecule has 0 radical (unpaired) electrons. The van der Waals surface area contributed by atoms with E-state index in [-0.39, 0.29) is 90.3 Å². The molecule has 0 aliphatic carbocycles. The summed E-state index contributed by atoms with van der Waals surface area (Å²) in [5.41, 5.74) is -1.33. The van der Waals surface area contributed by atoms with Crippen LogP contribution in [0.25, 0.3) is 0 Å². The Kier molecular flexibility index (Phi) is 29.7. The number of carboxylic acid groups (broad SMARTS) is 2. The number of carbonyl (C=O) groups is 4. The molecule has 0 saturated carbocycles. The zero-order chi connectivity index (χ0) is 19.7. The molecular formula is C16H16Mg2O14. The van der Waals surface area contributed by atoms with Crippen molar-refractivity contribution in [3.8, 4) is 0 Å². The molecule has 0 heterocycles. The van der Waals surface area contributed by atoms with Crippen LogP contribution in [-0.2, 0) is 9.78 Å². The van der Waals surface area contributed by atoms with Gasteiger partial charge in [-0.1, -0.05) is 36.4 Å². The molecule has 0 unspecified atom stereocenters. The number of benzene rings is 2. The van der Waals surface area contributed by atoms with Crippen LogP contribution in [0.2, 0.25) is 0 Å². The number of rotatable bonds is 4. The molecule has 8 N–H and O–H groups in total. The molecule has 0 bridgehead atoms. The van der Waals surface area contributed by atoms with E-state index in [4.69, 9.17) is 0 Å². The Morgan fingerprint density at radius 1 is 0.531 bits per heavy atom. The van der Waals surface area contributed by atoms with E-state index in [9.17, 15) is 39.9 Å². The van der Waals surface area contributed by atoms with Crippen molar-refractivity contribution in [2.24, 2.45) is 0 Å². The summed E-state index contributed by atoms with van der Waals surface area (Å²) in [6, 6.07) is 10.3. The number of carboxylic acids is 2. The summed E-state index contributed by atoms with van der Waals surface area (Å²) in [6.07, 6.45) is 0. The van der Waals surface area contributed by atoms with Crippen LogP contribution in [0.3, 0.4) is 0 Å². The summed E-state index contributed by atoms with van der Waals surface area (Å²) < 4.78 is 0. The first-order chi connectivity index (χ1) is 12.3. The van der Waals surface area contributed by atoms with E-state index >= 15 is 0 Å². The zero-order valence-corrected chi connectivity index (χ0v) is 18.9. The van der Waals surface area contributed by atoms with Crippen LogP contribution < -0.4 is 20.7 Å². The number of aromatic carboxylic acids is 2. The van der Waals surface area contributed by atoms with Crippen molar-refractivity contribution in [2.45, 2.75) is 0 Å². The number of hydrogen-bond acceptors (Lipinski definition) is 10. The van der Waals surface area contributed by atoms with Crippen LogP contribution in [-0.4, -0.2) is 91.9 Å². The van der Waals surface area contributed by atoms with Gasteiger partial charge in [-0.2, -0.15) is 0 Å². The van der Waals surface area contributed by atoms with Crippen LogP contribution in [0.4, 0.5) is 0 Å². The largest absolute Gasteiger partial charge is 2.00 e. The predicted molar refractivity (Wildman–Crippen MR) is 98.3 cm³/mol. The molecule has 0 fully saturated rings. The molecule has 168 valence electrons. The van der Waals surface area contributed by atoms with Gasteiger partial charge in [0.15, 0.2) is 0 Å². The minimum Gasteiger partial charge on any atom is -0.661 e. The Morgan fingerprint density at radius 3 is 0.938 bits per heavy atom. The fourth-order valence-electron chi connectivity index (χ4n) is 1.77. The molecule has 0 saturated heterocycles. The second kappa shape index (κ2) is 21.8. The maximum Gasteiger partial charge on any atom is 2.00 e. The van der Waals surface area contributed by atoms with Crippen molar-refractivity contribution in [2.75, 3.05) is 0 Å². The Hall–Kier alpha value is -2.39. The van der Waals surface area contributed by atoms with E-state index < -0.39 is 23.9 Å². The van der Waals surface area contributed by atoms with Crippen LogP contribution in [0.15, 0.2) is 48.5 Å². The van der Waals surface area contributed by atoms with Crippen molar-refractivity contribution in [1.82, 2.24) is 0 Å². The second-order valence-corrected chi connectivity index (χ2v) is 4.41. The average molecular weight is 481 g/mol. The molecular weight excluding hydrogens is 465 g/mol. The van der Waals surface area contributed by atoms with E-state index in [0.717, 1.165) is 12.1 Å². The van der Waals surface area contributed by atoms with Crippen molar-refractivity contribution in [1.29, 1.82) is 0 Å². The number of hydrogen-bond donors (Lipinski definition) is 0. The topological polar surface area (TPSA) is 305 Å². The molecule has 0 aliphatic heterocycles. The fraction of sp³-hybridized carbons (Fsp3) is 0. The summed E-state index contributed by atoms with van der Waals surface area (Å²) in [5.74, 6) is -5.53. The average Bonchev–Trinajstić information content (AvgIpc) is 2.67. The van der Waals surface area contributed by atoms with E-state index in [0.29, 0.717) is 0 Å². The summed E-state index contributed by atoms with van der Waals surface area (Å²) in [5, 5.41) is 40.3. The van der Waals surface area contributed by atoms with Crippen LogP contribution in [0.5, 0.6) is 0 Å². The summed E-state index contributed by atoms with van der Waals surface area (Å²) in [4.78, 5) is 48.6. The normalized spacial score (nSPS) is 7.56. The minimum absolute atomic E-state index is 0. The Balaban J connectivity index is -0.0000000889. The van der Waals surface area contributed by atoms with Gasteiger partial charge in [0, 0.05) is 11.1 Å². The van der Waals surface area contributed by atoms with Gasteiger partial charge in [-0.25, -0.2) is 9.59 Å². The van der Waals surface area contributed by atoms with Gasteiger partial charge >= 0.3 is 58.0 Å². The first-order valence-electron chi connectivity index (χ1n) is 6.62. The van der Waals surface area contributed by atoms with Gasteiger partial charge < -0.3 is 62.0 Å². The minimum atomic E-state index is -1.53. The molecule has 0 atom stereocenters. The van der Waals surface area contributed by atoms with Gasteiger partial charge in [-0.05, 0) is 12.1 Å². The van der Waals surface area contributed by atoms with E-state index in [1.807, 2.05) is 0 Å². The summed E-state index contributed by atoms with van der Waals surface area (Å²) in [6.45, 7) is 0. The third-order valence-corrected chi connectivity index (χ3v) is 2.89. The quantitative estimate of drug-likeness (QED) is 0.226. The standard InChI is InChI=1S/2C8H6O5.2Mg.4H2O/c2*9-7(10)5-3-1-2-4-6(5)8(11)13-12;;;;;;/h2*1-4,12H,(H,9,10);;;4*1H2/q;;2*+2;;;;/p-4. The Morgan fingerprint density at radius 2 is 0.750 bits per heavy atom. The number of carbonyl (C=O) groups excluding carboxylic acids is 4. The van der Waals surface area contributed by atoms with Gasteiger partial charge in [0.1, 0.15) is 0 Å². The second-order valence-electron chi connectivity index (χ2n) is 4.41. The van der Waals surface area contributed by atoms with E-state index in [1.165, 1.54) is 36.4 Å². The van der Waals surface area contributed by atoms with Gasteiger partial charge in [0.2, 0.25) is 0 Å². The molecule has 0 amide bonds. The zero-order valence-electron chi connectivity index (χ0n) is 16.1. The Labute approximate surface area is 211 Å². The molecule has 0 spiro atoms.